The highest BCUT2D eigenvalue weighted by Gasteiger charge is 2.24. The Bertz CT molecular complexity index is 919. The number of thioether (sulfide) groups is 1. The Balaban J connectivity index is 1.33. The molecular weight excluding hydrogens is 417 g/mol. The number of anilines is 1. The quantitative estimate of drug-likeness (QED) is 0.770. The first-order chi connectivity index (χ1) is 15.1. The van der Waals surface area contributed by atoms with Gasteiger partial charge in [0.05, 0.1) is 19.3 Å². The highest BCUT2D eigenvalue weighted by molar-refractivity contribution is 7.99. The topological polar surface area (TPSA) is 61.9 Å². The molecule has 2 aromatic carbocycles. The summed E-state index contributed by atoms with van der Waals surface area (Å²) in [6.45, 7) is 3.45. The second-order valence-electron chi connectivity index (χ2n) is 7.68. The number of nitrogens with one attached hydrogen (secondary N) is 1. The van der Waals surface area contributed by atoms with Gasteiger partial charge in [0.25, 0.3) is 5.91 Å². The second-order valence-corrected chi connectivity index (χ2v) is 8.90. The zero-order valence-corrected chi connectivity index (χ0v) is 18.1. The predicted octanol–water partition coefficient (Wildman–Crippen LogP) is 3.03. The van der Waals surface area contributed by atoms with Crippen LogP contribution in [0.5, 0.6) is 0 Å². The highest BCUT2D eigenvalue weighted by atomic mass is 32.2. The molecule has 0 spiro atoms. The van der Waals surface area contributed by atoms with Crippen molar-refractivity contribution >= 4 is 29.3 Å². The maximum Gasteiger partial charge on any atom is 0.253 e. The highest BCUT2D eigenvalue weighted by Crippen LogP contribution is 2.22. The zero-order valence-electron chi connectivity index (χ0n) is 17.3. The lowest BCUT2D eigenvalue weighted by atomic mass is 10.1. The number of morpholine rings is 1. The molecule has 2 aliphatic heterocycles. The lowest BCUT2D eigenvalue weighted by molar-refractivity contribution is -0.119. The Kier molecular flexibility index (Phi) is 7.21. The molecule has 2 aliphatic rings. The van der Waals surface area contributed by atoms with Gasteiger partial charge in [0, 0.05) is 48.9 Å². The molecule has 2 fully saturated rings. The summed E-state index contributed by atoms with van der Waals surface area (Å²) in [4.78, 5) is 29.2. The van der Waals surface area contributed by atoms with Gasteiger partial charge in [0.2, 0.25) is 5.91 Å². The van der Waals surface area contributed by atoms with E-state index in [9.17, 15) is 14.0 Å². The summed E-state index contributed by atoms with van der Waals surface area (Å²) in [5, 5.41) is 2.90. The van der Waals surface area contributed by atoms with E-state index in [-0.39, 0.29) is 30.3 Å². The number of carbonyl (C=O) groups excluding carboxylic acids is 2. The Hall–Kier alpha value is -2.42. The molecule has 0 radical (unpaired) electrons. The van der Waals surface area contributed by atoms with E-state index in [0.717, 1.165) is 30.2 Å². The molecule has 164 valence electrons. The first kappa shape index (κ1) is 21.8. The molecule has 0 saturated carbocycles. The Labute approximate surface area is 185 Å². The third-order valence-electron chi connectivity index (χ3n) is 5.45. The minimum Gasteiger partial charge on any atom is -0.371 e. The molecular formula is C23H26FN3O3S. The van der Waals surface area contributed by atoms with E-state index in [4.69, 9.17) is 4.74 Å². The van der Waals surface area contributed by atoms with Gasteiger partial charge in [0.1, 0.15) is 5.82 Å². The largest absolute Gasteiger partial charge is 0.371 e. The van der Waals surface area contributed by atoms with Gasteiger partial charge in [-0.15, -0.1) is 0 Å². The van der Waals surface area contributed by atoms with E-state index in [1.807, 2.05) is 21.6 Å². The van der Waals surface area contributed by atoms with Crippen LogP contribution in [0.2, 0.25) is 0 Å². The molecule has 1 unspecified atom stereocenters. The van der Waals surface area contributed by atoms with Crippen LogP contribution in [-0.2, 0) is 9.53 Å². The van der Waals surface area contributed by atoms with Crippen molar-refractivity contribution in [3.8, 4) is 0 Å². The first-order valence-corrected chi connectivity index (χ1v) is 11.6. The summed E-state index contributed by atoms with van der Waals surface area (Å²) in [5.74, 6) is 1.50. The Morgan fingerprint density at radius 3 is 2.65 bits per heavy atom. The fourth-order valence-electron chi connectivity index (χ4n) is 3.81. The van der Waals surface area contributed by atoms with E-state index < -0.39 is 0 Å². The van der Waals surface area contributed by atoms with Crippen molar-refractivity contribution in [3.05, 3.63) is 65.5 Å². The maximum atomic E-state index is 13.2. The summed E-state index contributed by atoms with van der Waals surface area (Å²) in [6.07, 6.45) is -0.189. The molecule has 1 N–H and O–H groups in total. The van der Waals surface area contributed by atoms with Gasteiger partial charge < -0.3 is 15.0 Å². The molecule has 0 aromatic heterocycles. The number of hydrogen-bond acceptors (Lipinski definition) is 5. The number of benzene rings is 2. The summed E-state index contributed by atoms with van der Waals surface area (Å²) in [5.41, 5.74) is 2.10. The summed E-state index contributed by atoms with van der Waals surface area (Å²) in [6, 6.07) is 13.4. The van der Waals surface area contributed by atoms with Gasteiger partial charge in [-0.3, -0.25) is 14.5 Å². The van der Waals surface area contributed by atoms with E-state index in [1.54, 1.807) is 36.4 Å². The second kappa shape index (κ2) is 10.3. The van der Waals surface area contributed by atoms with Gasteiger partial charge >= 0.3 is 0 Å². The smallest absolute Gasteiger partial charge is 0.253 e. The van der Waals surface area contributed by atoms with Crippen LogP contribution in [0.15, 0.2) is 48.5 Å². The van der Waals surface area contributed by atoms with Gasteiger partial charge in [-0.05, 0) is 35.9 Å². The van der Waals surface area contributed by atoms with Gasteiger partial charge in [0.15, 0.2) is 0 Å². The van der Waals surface area contributed by atoms with Crippen LogP contribution < -0.4 is 5.32 Å². The molecule has 2 aromatic rings. The molecule has 31 heavy (non-hydrogen) atoms. The number of halogens is 1. The minimum atomic E-state index is -0.282. The van der Waals surface area contributed by atoms with Crippen molar-refractivity contribution < 1.29 is 18.7 Å². The summed E-state index contributed by atoms with van der Waals surface area (Å²) in [7, 11) is 0. The summed E-state index contributed by atoms with van der Waals surface area (Å²) < 4.78 is 19.0. The number of amides is 2. The number of hydrogen-bond donors (Lipinski definition) is 1. The van der Waals surface area contributed by atoms with Crippen molar-refractivity contribution in [3.63, 3.8) is 0 Å². The Morgan fingerprint density at radius 2 is 1.87 bits per heavy atom. The third-order valence-corrected chi connectivity index (χ3v) is 6.39. The van der Waals surface area contributed by atoms with Crippen molar-refractivity contribution in [1.82, 2.24) is 9.80 Å². The van der Waals surface area contributed by atoms with Crippen molar-refractivity contribution in [2.45, 2.75) is 6.10 Å². The fourth-order valence-corrected chi connectivity index (χ4v) is 4.71. The fraction of sp³-hybridized carbons (Fsp3) is 0.391. The molecule has 8 heteroatoms. The van der Waals surface area contributed by atoms with Crippen molar-refractivity contribution in [1.29, 1.82) is 0 Å². The number of rotatable bonds is 5. The Morgan fingerprint density at radius 1 is 1.10 bits per heavy atom. The molecule has 0 bridgehead atoms. The van der Waals surface area contributed by atoms with Crippen LogP contribution in [0.25, 0.3) is 0 Å². The standard InChI is InChI=1S/C23H26FN3O3S/c24-19-6-4-17(5-7-19)21-15-26(8-11-30-21)16-22(28)25-20-3-1-2-18(14-20)23(29)27-9-12-31-13-10-27/h1-7,14,21H,8-13,15-16H2,(H,25,28). The van der Waals surface area contributed by atoms with E-state index >= 15 is 0 Å². The predicted molar refractivity (Wildman–Crippen MR) is 120 cm³/mol. The first-order valence-electron chi connectivity index (χ1n) is 10.4. The molecule has 1 atom stereocenters. The average molecular weight is 444 g/mol. The lowest BCUT2D eigenvalue weighted by Crippen LogP contribution is -2.42. The molecule has 2 amide bonds. The summed E-state index contributed by atoms with van der Waals surface area (Å²) >= 11 is 1.86. The van der Waals surface area contributed by atoms with Crippen LogP contribution >= 0.6 is 11.8 Å². The normalized spacial score (nSPS) is 19.8. The monoisotopic (exact) mass is 443 g/mol. The number of carbonyl (C=O) groups is 2. The van der Waals surface area contributed by atoms with Crippen LogP contribution in [-0.4, -0.2) is 72.5 Å². The number of ether oxygens (including phenoxy) is 1. The van der Waals surface area contributed by atoms with E-state index in [0.29, 0.717) is 30.9 Å². The zero-order chi connectivity index (χ0) is 21.6. The third kappa shape index (κ3) is 5.84. The molecule has 6 nitrogen and oxygen atoms in total. The van der Waals surface area contributed by atoms with Crippen molar-refractivity contribution in [2.75, 3.05) is 56.2 Å². The van der Waals surface area contributed by atoms with Crippen LogP contribution in [0.4, 0.5) is 10.1 Å². The minimum absolute atomic E-state index is 0.00622. The van der Waals surface area contributed by atoms with Gasteiger partial charge in [-0.25, -0.2) is 4.39 Å². The van der Waals surface area contributed by atoms with Crippen LogP contribution in [0, 0.1) is 5.82 Å². The SMILES string of the molecule is O=C(CN1CCOC(c2ccc(F)cc2)C1)Nc1cccc(C(=O)N2CCSCC2)c1. The van der Waals surface area contributed by atoms with Gasteiger partial charge in [-0.2, -0.15) is 11.8 Å². The molecule has 2 saturated heterocycles. The number of nitrogens with zero attached hydrogens (tertiary/aromatic N) is 2. The van der Waals surface area contributed by atoms with Gasteiger partial charge in [-0.1, -0.05) is 18.2 Å². The molecule has 2 heterocycles. The van der Waals surface area contributed by atoms with Crippen molar-refractivity contribution in [2.24, 2.45) is 0 Å². The molecule has 4 rings (SSSR count). The van der Waals surface area contributed by atoms with E-state index in [2.05, 4.69) is 5.32 Å². The lowest BCUT2D eigenvalue weighted by Gasteiger charge is -2.32. The maximum absolute atomic E-state index is 13.2. The van der Waals surface area contributed by atoms with Crippen LogP contribution in [0.1, 0.15) is 22.0 Å². The van der Waals surface area contributed by atoms with E-state index in [1.165, 1.54) is 12.1 Å². The van der Waals surface area contributed by atoms with Crippen LogP contribution in [0.3, 0.4) is 0 Å². The molecule has 0 aliphatic carbocycles. The average Bonchev–Trinajstić information content (AvgIpc) is 2.80.